The number of carbonyl (C=O) groups is 2. The van der Waals surface area contributed by atoms with E-state index in [1.165, 1.54) is 29.2 Å². The molecule has 0 bridgehead atoms. The first-order chi connectivity index (χ1) is 18.7. The molecule has 7 nitrogen and oxygen atoms in total. The molecule has 0 aromatic heterocycles. The molecule has 0 aliphatic heterocycles. The van der Waals surface area contributed by atoms with Crippen LogP contribution in [-0.4, -0.2) is 50.8 Å². The maximum absolute atomic E-state index is 13.9. The van der Waals surface area contributed by atoms with Gasteiger partial charge in [0, 0.05) is 13.1 Å². The monoisotopic (exact) mass is 589 g/mol. The smallest absolute Gasteiger partial charge is 0.264 e. The zero-order chi connectivity index (χ0) is 28.4. The summed E-state index contributed by atoms with van der Waals surface area (Å²) in [5.41, 5.74) is 1.06. The van der Waals surface area contributed by atoms with Gasteiger partial charge in [-0.2, -0.15) is 0 Å². The second-order valence-corrected chi connectivity index (χ2v) is 11.7. The van der Waals surface area contributed by atoms with Crippen LogP contribution in [0, 0.1) is 0 Å². The minimum Gasteiger partial charge on any atom is -0.354 e. The van der Waals surface area contributed by atoms with E-state index >= 15 is 0 Å². The SMILES string of the molecule is CCCCNC(=O)[C@H](C)N(CCc1ccccc1)C(=O)CN(c1cccc(Cl)c1Cl)S(=O)(=O)c1ccccc1. The average molecular weight is 591 g/mol. The van der Waals surface area contributed by atoms with Crippen molar-refractivity contribution in [3.8, 4) is 0 Å². The average Bonchev–Trinajstić information content (AvgIpc) is 2.94. The molecule has 10 heteroatoms. The zero-order valence-electron chi connectivity index (χ0n) is 22.0. The first kappa shape index (κ1) is 30.5. The quantitative estimate of drug-likeness (QED) is 0.264. The fraction of sp³-hybridized carbons (Fsp3) is 0.310. The normalized spacial score (nSPS) is 12.0. The van der Waals surface area contributed by atoms with E-state index in [2.05, 4.69) is 5.32 Å². The number of sulfonamides is 1. The van der Waals surface area contributed by atoms with Crippen LogP contribution in [0.3, 0.4) is 0 Å². The van der Waals surface area contributed by atoms with Crippen LogP contribution in [0.4, 0.5) is 5.69 Å². The van der Waals surface area contributed by atoms with E-state index in [0.29, 0.717) is 13.0 Å². The summed E-state index contributed by atoms with van der Waals surface area (Å²) in [5, 5.41) is 3.03. The van der Waals surface area contributed by atoms with Crippen molar-refractivity contribution in [2.75, 3.05) is 23.9 Å². The van der Waals surface area contributed by atoms with E-state index in [1.807, 2.05) is 37.3 Å². The Morgan fingerprint density at radius 2 is 1.56 bits per heavy atom. The Hall–Kier alpha value is -3.07. The number of anilines is 1. The van der Waals surface area contributed by atoms with Gasteiger partial charge in [0.15, 0.2) is 0 Å². The number of rotatable bonds is 13. The van der Waals surface area contributed by atoms with Crippen molar-refractivity contribution < 1.29 is 18.0 Å². The predicted molar refractivity (Wildman–Crippen MR) is 157 cm³/mol. The third-order valence-corrected chi connectivity index (χ3v) is 8.87. The van der Waals surface area contributed by atoms with Crippen LogP contribution in [0.2, 0.25) is 10.0 Å². The molecule has 0 aliphatic rings. The van der Waals surface area contributed by atoms with Crippen LogP contribution >= 0.6 is 23.2 Å². The van der Waals surface area contributed by atoms with Gasteiger partial charge < -0.3 is 10.2 Å². The predicted octanol–water partition coefficient (Wildman–Crippen LogP) is 5.56. The van der Waals surface area contributed by atoms with E-state index in [9.17, 15) is 18.0 Å². The molecule has 2 amide bonds. The molecule has 0 unspecified atom stereocenters. The molecule has 208 valence electrons. The summed E-state index contributed by atoms with van der Waals surface area (Å²) in [6, 6.07) is 21.1. The third kappa shape index (κ3) is 7.97. The van der Waals surface area contributed by atoms with Gasteiger partial charge in [-0.1, -0.05) is 91.1 Å². The molecule has 0 aliphatic carbocycles. The molecule has 0 saturated heterocycles. The van der Waals surface area contributed by atoms with E-state index in [1.54, 1.807) is 31.2 Å². The Kier molecular flexibility index (Phi) is 11.2. The van der Waals surface area contributed by atoms with Crippen molar-refractivity contribution >= 4 is 50.7 Å². The van der Waals surface area contributed by atoms with Crippen LogP contribution in [0.1, 0.15) is 32.3 Å². The molecule has 3 rings (SSSR count). The van der Waals surface area contributed by atoms with Crippen LogP contribution in [0.5, 0.6) is 0 Å². The van der Waals surface area contributed by atoms with Crippen molar-refractivity contribution in [3.63, 3.8) is 0 Å². The number of hydrogen-bond acceptors (Lipinski definition) is 4. The largest absolute Gasteiger partial charge is 0.354 e. The summed E-state index contributed by atoms with van der Waals surface area (Å²) in [7, 11) is -4.21. The summed E-state index contributed by atoms with van der Waals surface area (Å²) >= 11 is 12.7. The summed E-state index contributed by atoms with van der Waals surface area (Å²) in [6.45, 7) is 3.81. The summed E-state index contributed by atoms with van der Waals surface area (Å²) in [4.78, 5) is 28.2. The van der Waals surface area contributed by atoms with Gasteiger partial charge in [0.25, 0.3) is 10.0 Å². The number of hydrogen-bond donors (Lipinski definition) is 1. The van der Waals surface area contributed by atoms with Crippen molar-refractivity contribution in [2.24, 2.45) is 0 Å². The minimum absolute atomic E-state index is 0.00460. The van der Waals surface area contributed by atoms with Crippen molar-refractivity contribution in [1.82, 2.24) is 10.2 Å². The molecular weight excluding hydrogens is 557 g/mol. The first-order valence-corrected chi connectivity index (χ1v) is 15.0. The second kappa shape index (κ2) is 14.4. The number of benzene rings is 3. The van der Waals surface area contributed by atoms with Crippen LogP contribution in [0.25, 0.3) is 0 Å². The Morgan fingerprint density at radius 3 is 2.21 bits per heavy atom. The molecule has 0 saturated carbocycles. The van der Waals surface area contributed by atoms with Gasteiger partial charge >= 0.3 is 0 Å². The van der Waals surface area contributed by atoms with Gasteiger partial charge in [-0.3, -0.25) is 13.9 Å². The van der Waals surface area contributed by atoms with Crippen LogP contribution < -0.4 is 9.62 Å². The number of nitrogens with one attached hydrogen (secondary N) is 1. The van der Waals surface area contributed by atoms with E-state index in [-0.39, 0.29) is 33.1 Å². The number of carbonyl (C=O) groups excluding carboxylic acids is 2. The highest BCUT2D eigenvalue weighted by Crippen LogP contribution is 2.35. The number of nitrogens with zero attached hydrogens (tertiary/aromatic N) is 2. The molecule has 3 aromatic carbocycles. The lowest BCUT2D eigenvalue weighted by Crippen LogP contribution is -2.52. The fourth-order valence-corrected chi connectivity index (χ4v) is 5.92. The van der Waals surface area contributed by atoms with E-state index < -0.39 is 28.5 Å². The van der Waals surface area contributed by atoms with Gasteiger partial charge in [0.1, 0.15) is 12.6 Å². The summed E-state index contributed by atoms with van der Waals surface area (Å²) < 4.78 is 28.5. The van der Waals surface area contributed by atoms with Crippen molar-refractivity contribution in [1.29, 1.82) is 0 Å². The van der Waals surface area contributed by atoms with Gasteiger partial charge in [-0.25, -0.2) is 8.42 Å². The van der Waals surface area contributed by atoms with Gasteiger partial charge in [-0.05, 0) is 49.6 Å². The molecule has 0 radical (unpaired) electrons. The Bertz CT molecular complexity index is 1360. The highest BCUT2D eigenvalue weighted by molar-refractivity contribution is 7.92. The molecule has 0 spiro atoms. The number of amides is 2. The maximum Gasteiger partial charge on any atom is 0.264 e. The highest BCUT2D eigenvalue weighted by Gasteiger charge is 2.33. The highest BCUT2D eigenvalue weighted by atomic mass is 35.5. The van der Waals surface area contributed by atoms with Gasteiger partial charge in [-0.15, -0.1) is 0 Å². The maximum atomic E-state index is 13.9. The molecule has 0 heterocycles. The zero-order valence-corrected chi connectivity index (χ0v) is 24.3. The Labute approximate surface area is 240 Å². The lowest BCUT2D eigenvalue weighted by Gasteiger charge is -2.32. The summed E-state index contributed by atoms with van der Waals surface area (Å²) in [5.74, 6) is -0.845. The number of halogens is 2. The van der Waals surface area contributed by atoms with Crippen LogP contribution in [-0.2, 0) is 26.0 Å². The summed E-state index contributed by atoms with van der Waals surface area (Å²) in [6.07, 6.45) is 2.22. The molecule has 0 fully saturated rings. The Morgan fingerprint density at radius 1 is 0.923 bits per heavy atom. The molecule has 1 N–H and O–H groups in total. The van der Waals surface area contributed by atoms with Crippen molar-refractivity contribution in [2.45, 2.75) is 44.0 Å². The number of unbranched alkanes of at least 4 members (excludes halogenated alkanes) is 1. The lowest BCUT2D eigenvalue weighted by atomic mass is 10.1. The van der Waals surface area contributed by atoms with Gasteiger partial charge in [0.2, 0.25) is 11.8 Å². The topological polar surface area (TPSA) is 86.8 Å². The standard InChI is InChI=1S/C29H33Cl2N3O4S/c1-3-4-19-32-29(36)22(2)33(20-18-23-12-7-5-8-13-23)27(35)21-34(26-17-11-16-25(30)28(26)31)39(37,38)24-14-9-6-10-15-24/h5-17,22H,3-4,18-21H2,1-2H3,(H,32,36)/t22-/m0/s1. The van der Waals surface area contributed by atoms with E-state index in [0.717, 1.165) is 22.7 Å². The van der Waals surface area contributed by atoms with E-state index in [4.69, 9.17) is 23.2 Å². The van der Waals surface area contributed by atoms with Crippen molar-refractivity contribution in [3.05, 3.63) is 94.5 Å². The third-order valence-electron chi connectivity index (χ3n) is 6.29. The molecule has 1 atom stereocenters. The second-order valence-electron chi connectivity index (χ2n) is 9.04. The molecular formula is C29H33Cl2N3O4S. The lowest BCUT2D eigenvalue weighted by molar-refractivity contribution is -0.138. The molecule has 3 aromatic rings. The van der Waals surface area contributed by atoms with Gasteiger partial charge in [0.05, 0.1) is 20.6 Å². The molecule has 39 heavy (non-hydrogen) atoms. The van der Waals surface area contributed by atoms with Crippen LogP contribution in [0.15, 0.2) is 83.8 Å². The minimum atomic E-state index is -4.21. The first-order valence-electron chi connectivity index (χ1n) is 12.8. The Balaban J connectivity index is 1.97. The fourth-order valence-electron chi connectivity index (χ4n) is 4.02.